The van der Waals surface area contributed by atoms with Crippen LogP contribution in [0.4, 0.5) is 0 Å². The molecule has 3 fully saturated rings. The van der Waals surface area contributed by atoms with E-state index < -0.39 is 0 Å². The zero-order valence-electron chi connectivity index (χ0n) is 12.9. The molecule has 0 radical (unpaired) electrons. The van der Waals surface area contributed by atoms with E-state index in [1.807, 2.05) is 0 Å². The fourth-order valence-electron chi connectivity index (χ4n) is 4.95. The lowest BCUT2D eigenvalue weighted by atomic mass is 9.74. The van der Waals surface area contributed by atoms with Gasteiger partial charge in [-0.15, -0.1) is 0 Å². The summed E-state index contributed by atoms with van der Waals surface area (Å²) >= 11 is 0. The SMILES string of the molecule is CC(C)C1CCC(N)C(CN2CC3CCCC3C2)C1. The third-order valence-electron chi connectivity index (χ3n) is 6.32. The first kappa shape index (κ1) is 13.9. The highest BCUT2D eigenvalue weighted by atomic mass is 15.2. The lowest BCUT2D eigenvalue weighted by molar-refractivity contribution is 0.145. The van der Waals surface area contributed by atoms with Crippen molar-refractivity contribution in [1.29, 1.82) is 0 Å². The van der Waals surface area contributed by atoms with Gasteiger partial charge in [-0.1, -0.05) is 20.3 Å². The summed E-state index contributed by atoms with van der Waals surface area (Å²) in [5.41, 5.74) is 6.41. The first-order valence-corrected chi connectivity index (χ1v) is 8.61. The highest BCUT2D eigenvalue weighted by molar-refractivity contribution is 4.92. The van der Waals surface area contributed by atoms with Crippen molar-refractivity contribution < 1.29 is 0 Å². The normalized spacial score (nSPS) is 43.9. The molecule has 2 nitrogen and oxygen atoms in total. The van der Waals surface area contributed by atoms with Gasteiger partial charge in [-0.2, -0.15) is 0 Å². The molecule has 2 saturated carbocycles. The summed E-state index contributed by atoms with van der Waals surface area (Å²) in [7, 11) is 0. The van der Waals surface area contributed by atoms with Crippen LogP contribution >= 0.6 is 0 Å². The van der Waals surface area contributed by atoms with Gasteiger partial charge in [-0.25, -0.2) is 0 Å². The van der Waals surface area contributed by atoms with Crippen molar-refractivity contribution in [3.05, 3.63) is 0 Å². The van der Waals surface area contributed by atoms with Crippen molar-refractivity contribution in [2.75, 3.05) is 19.6 Å². The van der Waals surface area contributed by atoms with E-state index in [2.05, 4.69) is 18.7 Å². The lowest BCUT2D eigenvalue weighted by Gasteiger charge is -2.38. The molecule has 0 aromatic carbocycles. The molecule has 1 heterocycles. The summed E-state index contributed by atoms with van der Waals surface area (Å²) in [6.07, 6.45) is 8.47. The Labute approximate surface area is 119 Å². The van der Waals surface area contributed by atoms with Crippen LogP contribution in [0.1, 0.15) is 52.4 Å². The Balaban J connectivity index is 1.53. The van der Waals surface area contributed by atoms with E-state index in [0.717, 1.165) is 29.6 Å². The van der Waals surface area contributed by atoms with Gasteiger partial charge < -0.3 is 10.6 Å². The smallest absolute Gasteiger partial charge is 0.00795 e. The summed E-state index contributed by atoms with van der Waals surface area (Å²) in [4.78, 5) is 2.75. The van der Waals surface area contributed by atoms with E-state index in [9.17, 15) is 0 Å². The second-order valence-electron chi connectivity index (χ2n) is 7.91. The van der Waals surface area contributed by atoms with Gasteiger partial charge in [0.2, 0.25) is 0 Å². The summed E-state index contributed by atoms with van der Waals surface area (Å²) < 4.78 is 0. The van der Waals surface area contributed by atoms with Gasteiger partial charge in [0.15, 0.2) is 0 Å². The molecule has 110 valence electrons. The maximum atomic E-state index is 6.41. The predicted molar refractivity (Wildman–Crippen MR) is 80.9 cm³/mol. The van der Waals surface area contributed by atoms with Gasteiger partial charge in [-0.3, -0.25) is 0 Å². The molecule has 2 N–H and O–H groups in total. The van der Waals surface area contributed by atoms with E-state index in [1.54, 1.807) is 0 Å². The minimum Gasteiger partial charge on any atom is -0.327 e. The first-order chi connectivity index (χ1) is 9.13. The van der Waals surface area contributed by atoms with Crippen LogP contribution in [0.3, 0.4) is 0 Å². The van der Waals surface area contributed by atoms with Gasteiger partial charge in [-0.05, 0) is 61.7 Å². The summed E-state index contributed by atoms with van der Waals surface area (Å²) in [6.45, 7) is 8.81. The van der Waals surface area contributed by atoms with Crippen molar-refractivity contribution in [2.24, 2.45) is 35.3 Å². The maximum Gasteiger partial charge on any atom is 0.00795 e. The van der Waals surface area contributed by atoms with Crippen molar-refractivity contribution in [2.45, 2.75) is 58.4 Å². The molecule has 0 amide bonds. The number of hydrogen-bond donors (Lipinski definition) is 1. The molecule has 0 aromatic heterocycles. The average molecular weight is 264 g/mol. The highest BCUT2D eigenvalue weighted by Gasteiger charge is 2.38. The molecule has 0 bridgehead atoms. The molecular weight excluding hydrogens is 232 g/mol. The number of rotatable bonds is 3. The Morgan fingerprint density at radius 1 is 1.05 bits per heavy atom. The molecule has 3 aliphatic rings. The molecule has 2 aliphatic carbocycles. The Hall–Kier alpha value is -0.0800. The van der Waals surface area contributed by atoms with Crippen LogP contribution in [0.5, 0.6) is 0 Å². The van der Waals surface area contributed by atoms with E-state index in [-0.39, 0.29) is 0 Å². The molecule has 0 spiro atoms. The standard InChI is InChI=1S/C17H32N2/c1-12(2)13-6-7-17(18)16(8-13)11-19-9-14-4-3-5-15(14)10-19/h12-17H,3-11,18H2,1-2H3. The second-order valence-corrected chi connectivity index (χ2v) is 7.91. The van der Waals surface area contributed by atoms with Crippen LogP contribution < -0.4 is 5.73 Å². The largest absolute Gasteiger partial charge is 0.327 e. The van der Waals surface area contributed by atoms with Crippen LogP contribution in [0, 0.1) is 29.6 Å². The highest BCUT2D eigenvalue weighted by Crippen LogP contribution is 2.39. The van der Waals surface area contributed by atoms with Gasteiger partial charge >= 0.3 is 0 Å². The monoisotopic (exact) mass is 264 g/mol. The van der Waals surface area contributed by atoms with Crippen LogP contribution in [0.2, 0.25) is 0 Å². The van der Waals surface area contributed by atoms with E-state index in [4.69, 9.17) is 5.73 Å². The summed E-state index contributed by atoms with van der Waals surface area (Å²) in [5.74, 6) is 4.58. The van der Waals surface area contributed by atoms with Crippen LogP contribution in [0.25, 0.3) is 0 Å². The van der Waals surface area contributed by atoms with Crippen LogP contribution in [-0.2, 0) is 0 Å². The van der Waals surface area contributed by atoms with Crippen molar-refractivity contribution in [3.8, 4) is 0 Å². The molecule has 5 unspecified atom stereocenters. The maximum absolute atomic E-state index is 6.41. The number of hydrogen-bond acceptors (Lipinski definition) is 2. The Bertz CT molecular complexity index is 290. The first-order valence-electron chi connectivity index (χ1n) is 8.61. The topological polar surface area (TPSA) is 29.3 Å². The van der Waals surface area contributed by atoms with Crippen LogP contribution in [-0.4, -0.2) is 30.6 Å². The molecule has 1 aliphatic heterocycles. The molecular formula is C17H32N2. The quantitative estimate of drug-likeness (QED) is 0.848. The van der Waals surface area contributed by atoms with Gasteiger partial charge in [0.1, 0.15) is 0 Å². The summed E-state index contributed by atoms with van der Waals surface area (Å²) in [6, 6.07) is 0.468. The average Bonchev–Trinajstić information content (AvgIpc) is 2.92. The van der Waals surface area contributed by atoms with Crippen molar-refractivity contribution >= 4 is 0 Å². The van der Waals surface area contributed by atoms with E-state index in [1.165, 1.54) is 58.2 Å². The second kappa shape index (κ2) is 5.73. The zero-order valence-corrected chi connectivity index (χ0v) is 12.9. The van der Waals surface area contributed by atoms with Crippen molar-refractivity contribution in [1.82, 2.24) is 4.90 Å². The number of nitrogens with two attached hydrogens (primary N) is 1. The van der Waals surface area contributed by atoms with Crippen molar-refractivity contribution in [3.63, 3.8) is 0 Å². The molecule has 3 rings (SSSR count). The molecule has 19 heavy (non-hydrogen) atoms. The number of nitrogens with zero attached hydrogens (tertiary/aromatic N) is 1. The molecule has 2 heteroatoms. The third kappa shape index (κ3) is 3.00. The molecule has 0 aromatic rings. The fourth-order valence-corrected chi connectivity index (χ4v) is 4.95. The Morgan fingerprint density at radius 2 is 1.74 bits per heavy atom. The minimum absolute atomic E-state index is 0.468. The molecule has 1 saturated heterocycles. The fraction of sp³-hybridized carbons (Fsp3) is 1.00. The lowest BCUT2D eigenvalue weighted by Crippen LogP contribution is -2.43. The number of likely N-dealkylation sites (tertiary alicyclic amines) is 1. The third-order valence-corrected chi connectivity index (χ3v) is 6.32. The predicted octanol–water partition coefficient (Wildman–Crippen LogP) is 3.12. The van der Waals surface area contributed by atoms with Gasteiger partial charge in [0, 0.05) is 25.7 Å². The summed E-state index contributed by atoms with van der Waals surface area (Å²) in [5, 5.41) is 0. The Kier molecular flexibility index (Phi) is 4.19. The van der Waals surface area contributed by atoms with E-state index >= 15 is 0 Å². The molecule has 5 atom stereocenters. The van der Waals surface area contributed by atoms with Gasteiger partial charge in [0.25, 0.3) is 0 Å². The Morgan fingerprint density at radius 3 is 2.37 bits per heavy atom. The van der Waals surface area contributed by atoms with Gasteiger partial charge in [0.05, 0.1) is 0 Å². The minimum atomic E-state index is 0.468. The van der Waals surface area contributed by atoms with E-state index in [0.29, 0.717) is 6.04 Å². The number of fused-ring (bicyclic) bond motifs is 1. The van der Waals surface area contributed by atoms with Crippen LogP contribution in [0.15, 0.2) is 0 Å². The zero-order chi connectivity index (χ0) is 13.4.